The molecule has 0 unspecified atom stereocenters. The van der Waals surface area contributed by atoms with E-state index in [4.69, 9.17) is 4.42 Å². The highest BCUT2D eigenvalue weighted by Gasteiger charge is 2.47. The van der Waals surface area contributed by atoms with Crippen LogP contribution in [-0.4, -0.2) is 27.2 Å². The van der Waals surface area contributed by atoms with Crippen LogP contribution < -0.4 is 15.1 Å². The topological polar surface area (TPSA) is 126 Å². The predicted octanol–water partition coefficient (Wildman–Crippen LogP) is 3.92. The molecule has 2 aromatic carbocycles. The average Bonchev–Trinajstić information content (AvgIpc) is 3.37. The summed E-state index contributed by atoms with van der Waals surface area (Å²) in [4.78, 5) is 41.5. The molecule has 1 atom stereocenters. The molecule has 1 amide bonds. The minimum atomic E-state index is -0.868. The van der Waals surface area contributed by atoms with E-state index in [1.54, 1.807) is 66.6 Å². The molecule has 1 aliphatic heterocycles. The van der Waals surface area contributed by atoms with E-state index in [1.165, 1.54) is 28.6 Å². The van der Waals surface area contributed by atoms with Crippen molar-refractivity contribution in [2.75, 3.05) is 11.2 Å². The van der Waals surface area contributed by atoms with Gasteiger partial charge in [0.2, 0.25) is 11.1 Å². The third-order valence-electron chi connectivity index (χ3n) is 5.75. The molecule has 11 heteroatoms. The van der Waals surface area contributed by atoms with Gasteiger partial charge in [-0.15, -0.1) is 0 Å². The van der Waals surface area contributed by atoms with E-state index in [2.05, 4.69) is 10.1 Å². The van der Waals surface area contributed by atoms with Gasteiger partial charge in [0, 0.05) is 29.2 Å². The van der Waals surface area contributed by atoms with Gasteiger partial charge in [-0.3, -0.25) is 24.7 Å². The number of rotatable bonds is 5. The van der Waals surface area contributed by atoms with Crippen molar-refractivity contribution in [1.29, 1.82) is 0 Å². The molecule has 0 aliphatic carbocycles. The largest absolute Gasteiger partial charge is 0.452 e. The van der Waals surface area contributed by atoms with Crippen molar-refractivity contribution in [3.05, 3.63) is 86.9 Å². The van der Waals surface area contributed by atoms with Crippen molar-refractivity contribution in [1.82, 2.24) is 10.1 Å². The lowest BCUT2D eigenvalue weighted by molar-refractivity contribution is -0.764. The summed E-state index contributed by atoms with van der Waals surface area (Å²) in [5.74, 6) is 0.574. The fourth-order valence-electron chi connectivity index (χ4n) is 4.18. The number of non-ortho nitro benzene ring substituents is 1. The molecule has 176 valence electrons. The quantitative estimate of drug-likeness (QED) is 0.194. The summed E-state index contributed by atoms with van der Waals surface area (Å²) in [6.07, 6.45) is 1.14. The van der Waals surface area contributed by atoms with Gasteiger partial charge in [-0.05, 0) is 35.2 Å². The fourth-order valence-corrected chi connectivity index (χ4v) is 4.55. The third-order valence-corrected chi connectivity index (χ3v) is 6.32. The number of carbonyl (C=O) groups excluding carboxylic acids is 1. The highest BCUT2D eigenvalue weighted by atomic mass is 32.2. The lowest BCUT2D eigenvalue weighted by Gasteiger charge is -2.30. The Balaban J connectivity index is 1.73. The normalized spacial score (nSPS) is 14.3. The maximum atomic E-state index is 13.2. The molecule has 0 radical (unpaired) electrons. The molecule has 0 fully saturated rings. The number of anilines is 1. The Bertz CT molecular complexity index is 1530. The Morgan fingerprint density at radius 3 is 2.77 bits per heavy atom. The number of nitro benzene ring substituents is 1. The predicted molar refractivity (Wildman–Crippen MR) is 129 cm³/mol. The Morgan fingerprint density at radius 2 is 2.03 bits per heavy atom. The number of benzene rings is 2. The minimum Gasteiger partial charge on any atom is -0.452 e. The maximum Gasteiger partial charge on any atom is 0.325 e. The SMILES string of the molecule is CCC(=O)N1c2ccccc2-c2c(=O)[nH]c(SC)n[n+]2[C@@H]1c1ccc(-c2cccc([N+](=O)[O-])c2)o1. The van der Waals surface area contributed by atoms with Gasteiger partial charge in [-0.2, -0.15) is 0 Å². The van der Waals surface area contributed by atoms with Gasteiger partial charge in [0.1, 0.15) is 5.76 Å². The molecule has 0 bridgehead atoms. The summed E-state index contributed by atoms with van der Waals surface area (Å²) in [6.45, 7) is 1.76. The van der Waals surface area contributed by atoms with Crippen LogP contribution in [0.4, 0.5) is 11.4 Å². The van der Waals surface area contributed by atoms with E-state index in [0.29, 0.717) is 39.2 Å². The molecular formula is C24H20N5O5S+. The lowest BCUT2D eigenvalue weighted by atomic mass is 10.0. The van der Waals surface area contributed by atoms with Crippen molar-refractivity contribution in [3.8, 4) is 22.6 Å². The zero-order chi connectivity index (χ0) is 24.7. The lowest BCUT2D eigenvalue weighted by Crippen LogP contribution is -2.60. The summed E-state index contributed by atoms with van der Waals surface area (Å²) < 4.78 is 7.67. The number of carbonyl (C=O) groups is 1. The van der Waals surface area contributed by atoms with Crippen molar-refractivity contribution in [3.63, 3.8) is 0 Å². The number of hydrogen-bond donors (Lipinski definition) is 1. The number of para-hydroxylation sites is 1. The van der Waals surface area contributed by atoms with Crippen molar-refractivity contribution in [2.24, 2.45) is 0 Å². The Hall–Kier alpha value is -4.25. The number of nitrogens with zero attached hydrogens (tertiary/aromatic N) is 4. The first-order valence-electron chi connectivity index (χ1n) is 10.8. The van der Waals surface area contributed by atoms with E-state index in [0.717, 1.165) is 0 Å². The van der Waals surface area contributed by atoms with E-state index >= 15 is 0 Å². The van der Waals surface area contributed by atoms with Crippen LogP contribution in [0, 0.1) is 10.1 Å². The maximum absolute atomic E-state index is 13.2. The molecule has 1 aliphatic rings. The summed E-state index contributed by atoms with van der Waals surface area (Å²) in [5.41, 5.74) is 1.57. The van der Waals surface area contributed by atoms with Gasteiger partial charge >= 0.3 is 17.4 Å². The van der Waals surface area contributed by atoms with Crippen LogP contribution in [0.15, 0.2) is 75.0 Å². The number of aromatic amines is 1. The Labute approximate surface area is 203 Å². The van der Waals surface area contributed by atoms with Gasteiger partial charge in [-0.1, -0.05) is 43.0 Å². The van der Waals surface area contributed by atoms with E-state index in [9.17, 15) is 19.7 Å². The summed E-state index contributed by atoms with van der Waals surface area (Å²) in [6, 6.07) is 16.6. The van der Waals surface area contributed by atoms with Crippen LogP contribution >= 0.6 is 11.8 Å². The summed E-state index contributed by atoms with van der Waals surface area (Å²) in [7, 11) is 0. The molecule has 0 spiro atoms. The monoisotopic (exact) mass is 490 g/mol. The van der Waals surface area contributed by atoms with Gasteiger partial charge in [-0.25, -0.2) is 4.90 Å². The molecule has 2 aromatic heterocycles. The van der Waals surface area contributed by atoms with Gasteiger partial charge in [0.15, 0.2) is 5.76 Å². The number of thioether (sulfide) groups is 1. The van der Waals surface area contributed by atoms with Crippen LogP contribution in [0.2, 0.25) is 0 Å². The zero-order valence-electron chi connectivity index (χ0n) is 18.8. The number of furan rings is 1. The second kappa shape index (κ2) is 8.84. The van der Waals surface area contributed by atoms with Crippen LogP contribution in [0.5, 0.6) is 0 Å². The summed E-state index contributed by atoms with van der Waals surface area (Å²) >= 11 is 1.27. The standard InChI is InChI=1S/C24H19N5O5S/c1-3-20(30)27-17-10-5-4-9-16(17)21-22(31)25-24(35-2)26-28(21)23(27)19-12-11-18(34-19)14-7-6-8-15(13-14)29(32)33/h4-13,23H,3H2,1-2H3/p+1/t23-/m1/s1. The molecule has 5 rings (SSSR count). The number of amides is 1. The molecular weight excluding hydrogens is 470 g/mol. The number of fused-ring (bicyclic) bond motifs is 3. The first-order chi connectivity index (χ1) is 16.9. The van der Waals surface area contributed by atoms with Gasteiger partial charge in [0.05, 0.1) is 16.2 Å². The number of H-pyrrole nitrogens is 1. The van der Waals surface area contributed by atoms with E-state index in [-0.39, 0.29) is 23.6 Å². The average molecular weight is 491 g/mol. The molecule has 35 heavy (non-hydrogen) atoms. The number of aromatic nitrogens is 3. The smallest absolute Gasteiger partial charge is 0.325 e. The third kappa shape index (κ3) is 3.79. The first-order valence-corrected chi connectivity index (χ1v) is 12.0. The van der Waals surface area contributed by atoms with E-state index < -0.39 is 11.1 Å². The highest BCUT2D eigenvalue weighted by Crippen LogP contribution is 2.39. The second-order valence-corrected chi connectivity index (χ2v) is 8.57. The molecule has 4 aromatic rings. The molecule has 0 saturated carbocycles. The van der Waals surface area contributed by atoms with Crippen LogP contribution in [0.3, 0.4) is 0 Å². The molecule has 1 N–H and O–H groups in total. The molecule has 3 heterocycles. The summed E-state index contributed by atoms with van der Waals surface area (Å²) in [5, 5.41) is 16.2. The number of nitro groups is 1. The van der Waals surface area contributed by atoms with Crippen molar-refractivity contribution < 1.29 is 18.8 Å². The van der Waals surface area contributed by atoms with Crippen LogP contribution in [0.1, 0.15) is 25.3 Å². The van der Waals surface area contributed by atoms with Crippen molar-refractivity contribution >= 4 is 29.0 Å². The Kier molecular flexibility index (Phi) is 5.69. The van der Waals surface area contributed by atoms with Gasteiger partial charge < -0.3 is 4.42 Å². The van der Waals surface area contributed by atoms with Gasteiger partial charge in [0.25, 0.3) is 5.69 Å². The van der Waals surface area contributed by atoms with Crippen LogP contribution in [0.25, 0.3) is 22.6 Å². The van der Waals surface area contributed by atoms with Crippen molar-refractivity contribution in [2.45, 2.75) is 24.7 Å². The second-order valence-electron chi connectivity index (χ2n) is 7.77. The number of nitrogens with one attached hydrogen (secondary N) is 1. The molecule has 10 nitrogen and oxygen atoms in total. The molecule has 0 saturated heterocycles. The minimum absolute atomic E-state index is 0.0626. The Morgan fingerprint density at radius 1 is 1.23 bits per heavy atom. The first kappa shape index (κ1) is 22.5. The number of hydrogen-bond acceptors (Lipinski definition) is 7. The zero-order valence-corrected chi connectivity index (χ0v) is 19.6. The van der Waals surface area contributed by atoms with E-state index in [1.807, 2.05) is 0 Å². The highest BCUT2D eigenvalue weighted by molar-refractivity contribution is 7.98. The fraction of sp³-hybridized carbons (Fsp3) is 0.167. The van der Waals surface area contributed by atoms with Crippen LogP contribution in [-0.2, 0) is 4.79 Å².